The van der Waals surface area contributed by atoms with Crippen LogP contribution in [0.3, 0.4) is 0 Å². The van der Waals surface area contributed by atoms with E-state index < -0.39 is 23.0 Å². The van der Waals surface area contributed by atoms with Crippen molar-refractivity contribution in [1.82, 2.24) is 5.32 Å². The predicted octanol–water partition coefficient (Wildman–Crippen LogP) is 8.69. The second-order valence-corrected chi connectivity index (χ2v) is 14.2. The van der Waals surface area contributed by atoms with Crippen molar-refractivity contribution in [3.05, 3.63) is 154 Å². The van der Waals surface area contributed by atoms with Crippen LogP contribution in [0.1, 0.15) is 66.8 Å². The largest absolute Gasteiger partial charge is 0.465 e. The summed E-state index contributed by atoms with van der Waals surface area (Å²) in [5.74, 6) is -1.64. The van der Waals surface area contributed by atoms with Crippen molar-refractivity contribution >= 4 is 63.6 Å². The number of amides is 3. The molecule has 0 radical (unpaired) electrons. The Morgan fingerprint density at radius 2 is 1.47 bits per heavy atom. The summed E-state index contributed by atoms with van der Waals surface area (Å²) in [6, 6.07) is 34.6. The van der Waals surface area contributed by atoms with Crippen LogP contribution in [0.2, 0.25) is 0 Å². The maximum absolute atomic E-state index is 14.1. The summed E-state index contributed by atoms with van der Waals surface area (Å²) in [7, 11) is 1.36. The van der Waals surface area contributed by atoms with Gasteiger partial charge in [0.25, 0.3) is 11.8 Å². The molecule has 0 fully saturated rings. The summed E-state index contributed by atoms with van der Waals surface area (Å²) in [6.45, 7) is 0. The number of carbonyl (C=O) groups excluding carboxylic acids is 4. The van der Waals surface area contributed by atoms with Gasteiger partial charge in [-0.25, -0.2) is 4.79 Å². The summed E-state index contributed by atoms with van der Waals surface area (Å²) in [5.41, 5.74) is 3.94. The minimum absolute atomic E-state index is 0.0745. The van der Waals surface area contributed by atoms with E-state index >= 15 is 0 Å². The van der Waals surface area contributed by atoms with Gasteiger partial charge in [-0.1, -0.05) is 91.3 Å². The molecule has 1 unspecified atom stereocenters. The topological polar surface area (TPSA) is 114 Å². The van der Waals surface area contributed by atoms with E-state index in [1.54, 1.807) is 48.5 Å². The van der Waals surface area contributed by atoms with Crippen LogP contribution in [0.25, 0.3) is 6.08 Å². The van der Waals surface area contributed by atoms with Crippen molar-refractivity contribution in [2.24, 2.45) is 0 Å². The minimum atomic E-state index is -0.678. The number of thioether (sulfide) groups is 1. The van der Waals surface area contributed by atoms with Gasteiger partial charge in [-0.05, 0) is 78.8 Å². The fourth-order valence-electron chi connectivity index (χ4n) is 5.87. The van der Waals surface area contributed by atoms with Gasteiger partial charge in [0, 0.05) is 21.0 Å². The van der Waals surface area contributed by atoms with Gasteiger partial charge in [-0.15, -0.1) is 23.1 Å². The number of esters is 1. The highest BCUT2D eigenvalue weighted by atomic mass is 32.2. The van der Waals surface area contributed by atoms with Crippen LogP contribution >= 0.6 is 23.1 Å². The molecule has 0 bridgehead atoms. The normalized spacial score (nSPS) is 13.2. The van der Waals surface area contributed by atoms with Gasteiger partial charge in [-0.2, -0.15) is 0 Å². The molecule has 0 saturated heterocycles. The summed E-state index contributed by atoms with van der Waals surface area (Å²) >= 11 is 2.78. The van der Waals surface area contributed by atoms with Crippen molar-refractivity contribution in [2.75, 3.05) is 17.7 Å². The number of nitrogens with one attached hydrogen (secondary N) is 3. The molecule has 1 heterocycles. The van der Waals surface area contributed by atoms with Crippen molar-refractivity contribution in [3.8, 4) is 0 Å². The maximum atomic E-state index is 14.1. The standard InChI is InChI=1S/C41H37N3O5S2/c1-49-41(48)35-32-23-12-5-13-24-34(32)51-40(35)44-39(47)36(28-17-8-3-9-18-28)50-31-22-14-21-30(26-31)42-38(46)33(25-27-15-6-2-7-16-27)43-37(45)29-19-10-4-11-20-29/h2-4,6-11,14-22,25-26,36H,5,12-13,23-24H2,1H3,(H,42,46)(H,43,45)(H,44,47)/b33-25-. The lowest BCUT2D eigenvalue weighted by Gasteiger charge is -2.18. The lowest BCUT2D eigenvalue weighted by molar-refractivity contribution is -0.116. The molecule has 3 amide bonds. The Kier molecular flexibility index (Phi) is 11.8. The summed E-state index contributed by atoms with van der Waals surface area (Å²) in [5, 5.41) is 8.59. The van der Waals surface area contributed by atoms with E-state index in [4.69, 9.17) is 4.74 Å². The third-order valence-electron chi connectivity index (χ3n) is 8.37. The van der Waals surface area contributed by atoms with E-state index in [0.717, 1.165) is 58.6 Å². The number of ether oxygens (including phenoxy) is 1. The number of rotatable bonds is 11. The fourth-order valence-corrected chi connectivity index (χ4v) is 8.23. The second kappa shape index (κ2) is 17.0. The number of anilines is 2. The number of fused-ring (bicyclic) bond motifs is 1. The van der Waals surface area contributed by atoms with E-state index in [1.807, 2.05) is 72.8 Å². The first-order chi connectivity index (χ1) is 24.9. The third kappa shape index (κ3) is 9.02. The van der Waals surface area contributed by atoms with E-state index in [9.17, 15) is 19.2 Å². The average molecular weight is 716 g/mol. The van der Waals surface area contributed by atoms with E-state index in [-0.39, 0.29) is 11.6 Å². The first-order valence-corrected chi connectivity index (χ1v) is 18.4. The molecule has 258 valence electrons. The van der Waals surface area contributed by atoms with Crippen LogP contribution in [0.15, 0.2) is 126 Å². The number of benzene rings is 4. The SMILES string of the molecule is COC(=O)c1c(NC(=O)C(Sc2cccc(NC(=O)/C(=C/c3ccccc3)NC(=O)c3ccccc3)c2)c2ccccc2)sc2c1CCCCC2. The Balaban J connectivity index is 1.24. The average Bonchev–Trinajstić information content (AvgIpc) is 3.33. The molecule has 0 spiro atoms. The van der Waals surface area contributed by atoms with Crippen LogP contribution < -0.4 is 16.0 Å². The smallest absolute Gasteiger partial charge is 0.341 e. The number of thiophene rings is 1. The minimum Gasteiger partial charge on any atom is -0.465 e. The lowest BCUT2D eigenvalue weighted by Crippen LogP contribution is -2.30. The molecule has 5 aromatic rings. The molecule has 1 aliphatic rings. The molecule has 6 rings (SSSR count). The van der Waals surface area contributed by atoms with Crippen molar-refractivity contribution in [2.45, 2.75) is 42.2 Å². The molecule has 1 aliphatic carbocycles. The van der Waals surface area contributed by atoms with Gasteiger partial charge in [0.05, 0.1) is 12.7 Å². The number of hydrogen-bond donors (Lipinski definition) is 3. The Morgan fingerprint density at radius 1 is 0.784 bits per heavy atom. The Morgan fingerprint density at radius 3 is 2.20 bits per heavy atom. The molecule has 1 atom stereocenters. The molecular formula is C41H37N3O5S2. The molecule has 10 heteroatoms. The van der Waals surface area contributed by atoms with Gasteiger partial charge in [-0.3, -0.25) is 14.4 Å². The molecule has 0 saturated carbocycles. The van der Waals surface area contributed by atoms with Gasteiger partial charge >= 0.3 is 5.97 Å². The number of aryl methyl sites for hydroxylation is 1. The van der Waals surface area contributed by atoms with Crippen LogP contribution in [0.4, 0.5) is 10.7 Å². The van der Waals surface area contributed by atoms with Gasteiger partial charge < -0.3 is 20.7 Å². The Labute approximate surface area is 305 Å². The highest BCUT2D eigenvalue weighted by molar-refractivity contribution is 8.00. The molecule has 4 aromatic carbocycles. The highest BCUT2D eigenvalue weighted by Gasteiger charge is 2.29. The zero-order chi connectivity index (χ0) is 35.6. The Bertz CT molecular complexity index is 2050. The van der Waals surface area contributed by atoms with Crippen LogP contribution in [-0.4, -0.2) is 30.8 Å². The summed E-state index contributed by atoms with van der Waals surface area (Å²) in [4.78, 5) is 55.7. The Hall–Kier alpha value is -5.45. The molecule has 0 aliphatic heterocycles. The molecule has 1 aromatic heterocycles. The van der Waals surface area contributed by atoms with Crippen molar-refractivity contribution < 1.29 is 23.9 Å². The zero-order valence-corrected chi connectivity index (χ0v) is 29.7. The third-order valence-corrected chi connectivity index (χ3v) is 10.8. The van der Waals surface area contributed by atoms with Crippen molar-refractivity contribution in [3.63, 3.8) is 0 Å². The number of methoxy groups -OCH3 is 1. The monoisotopic (exact) mass is 715 g/mol. The van der Waals surface area contributed by atoms with Gasteiger partial charge in [0.1, 0.15) is 15.9 Å². The zero-order valence-electron chi connectivity index (χ0n) is 28.0. The predicted molar refractivity (Wildman–Crippen MR) is 204 cm³/mol. The maximum Gasteiger partial charge on any atom is 0.341 e. The molecular weight excluding hydrogens is 679 g/mol. The van der Waals surface area contributed by atoms with Gasteiger partial charge in [0.2, 0.25) is 5.91 Å². The van der Waals surface area contributed by atoms with Crippen LogP contribution in [-0.2, 0) is 27.2 Å². The van der Waals surface area contributed by atoms with Gasteiger partial charge in [0.15, 0.2) is 0 Å². The summed E-state index contributed by atoms with van der Waals surface area (Å²) < 4.78 is 5.15. The van der Waals surface area contributed by atoms with Crippen LogP contribution in [0, 0.1) is 0 Å². The molecule has 51 heavy (non-hydrogen) atoms. The van der Waals surface area contributed by atoms with E-state index in [2.05, 4.69) is 16.0 Å². The number of carbonyl (C=O) groups is 4. The first-order valence-electron chi connectivity index (χ1n) is 16.7. The van der Waals surface area contributed by atoms with E-state index in [0.29, 0.717) is 21.8 Å². The fraction of sp³-hybridized carbons (Fsp3) is 0.171. The number of hydrogen-bond acceptors (Lipinski definition) is 7. The second-order valence-electron chi connectivity index (χ2n) is 11.9. The molecule has 3 N–H and O–H groups in total. The molecule has 8 nitrogen and oxygen atoms in total. The highest BCUT2D eigenvalue weighted by Crippen LogP contribution is 2.41. The van der Waals surface area contributed by atoms with E-state index in [1.165, 1.54) is 30.2 Å². The first kappa shape index (κ1) is 35.4. The van der Waals surface area contributed by atoms with Crippen LogP contribution in [0.5, 0.6) is 0 Å². The summed E-state index contributed by atoms with van der Waals surface area (Å²) in [6.07, 6.45) is 6.40. The van der Waals surface area contributed by atoms with Crippen molar-refractivity contribution in [1.29, 1.82) is 0 Å². The quantitative estimate of drug-likeness (QED) is 0.0546. The lowest BCUT2D eigenvalue weighted by atomic mass is 10.1.